The summed E-state index contributed by atoms with van der Waals surface area (Å²) in [6.45, 7) is 2.91. The standard InChI is InChI=1S/C17H22FNO3/c1-2-3-12(6-7-20)10-19-17(21)14-8-13-9-15(18)4-5-16(13)22-11-14/h4-5,8-9,12,20H,2-3,6-7,10-11H2,1H3,(H,19,21). The molecular formula is C17H22FNO3. The van der Waals surface area contributed by atoms with E-state index in [0.29, 0.717) is 29.9 Å². The summed E-state index contributed by atoms with van der Waals surface area (Å²) in [6.07, 6.45) is 4.32. The minimum absolute atomic E-state index is 0.124. The maximum absolute atomic E-state index is 13.2. The first-order valence-electron chi connectivity index (χ1n) is 7.66. The highest BCUT2D eigenvalue weighted by molar-refractivity contribution is 5.99. The average Bonchev–Trinajstić information content (AvgIpc) is 2.52. The first kappa shape index (κ1) is 16.5. The van der Waals surface area contributed by atoms with Crippen LogP contribution < -0.4 is 10.1 Å². The monoisotopic (exact) mass is 307 g/mol. The van der Waals surface area contributed by atoms with Crippen LogP contribution in [0.4, 0.5) is 4.39 Å². The van der Waals surface area contributed by atoms with Crippen LogP contribution in [0.15, 0.2) is 23.8 Å². The van der Waals surface area contributed by atoms with Gasteiger partial charge in [0.25, 0.3) is 5.91 Å². The lowest BCUT2D eigenvalue weighted by molar-refractivity contribution is -0.118. The Labute approximate surface area is 130 Å². The van der Waals surface area contributed by atoms with Gasteiger partial charge in [-0.2, -0.15) is 0 Å². The number of amides is 1. The molecule has 2 N–H and O–H groups in total. The molecule has 1 aromatic rings. The van der Waals surface area contributed by atoms with E-state index in [9.17, 15) is 9.18 Å². The zero-order valence-corrected chi connectivity index (χ0v) is 12.8. The quantitative estimate of drug-likeness (QED) is 0.814. The molecule has 4 nitrogen and oxygen atoms in total. The van der Waals surface area contributed by atoms with Gasteiger partial charge in [-0.3, -0.25) is 4.79 Å². The summed E-state index contributed by atoms with van der Waals surface area (Å²) in [7, 11) is 0. The summed E-state index contributed by atoms with van der Waals surface area (Å²) in [4.78, 5) is 12.2. The molecule has 0 saturated heterocycles. The predicted molar refractivity (Wildman–Crippen MR) is 83.0 cm³/mol. The molecular weight excluding hydrogens is 285 g/mol. The van der Waals surface area contributed by atoms with Crippen LogP contribution >= 0.6 is 0 Å². The molecule has 2 rings (SSSR count). The Kier molecular flexibility index (Phi) is 5.95. The molecule has 0 aliphatic carbocycles. The fraction of sp³-hybridized carbons (Fsp3) is 0.471. The van der Waals surface area contributed by atoms with Crippen molar-refractivity contribution in [3.05, 3.63) is 35.2 Å². The summed E-state index contributed by atoms with van der Waals surface area (Å²) in [5.74, 6) is 0.302. The topological polar surface area (TPSA) is 58.6 Å². The second kappa shape index (κ2) is 7.94. The summed E-state index contributed by atoms with van der Waals surface area (Å²) >= 11 is 0. The lowest BCUT2D eigenvalue weighted by atomic mass is 10.00. The number of rotatable bonds is 7. The van der Waals surface area contributed by atoms with E-state index in [1.54, 1.807) is 12.1 Å². The first-order chi connectivity index (χ1) is 10.6. The zero-order valence-electron chi connectivity index (χ0n) is 12.8. The van der Waals surface area contributed by atoms with Crippen LogP contribution in [-0.2, 0) is 4.79 Å². The number of nitrogens with one attached hydrogen (secondary N) is 1. The van der Waals surface area contributed by atoms with Gasteiger partial charge in [-0.1, -0.05) is 13.3 Å². The molecule has 0 bridgehead atoms. The maximum Gasteiger partial charge on any atom is 0.250 e. The van der Waals surface area contributed by atoms with Crippen molar-refractivity contribution in [2.45, 2.75) is 26.2 Å². The van der Waals surface area contributed by atoms with E-state index in [-0.39, 0.29) is 30.9 Å². The third-order valence-corrected chi connectivity index (χ3v) is 3.76. The number of aliphatic hydroxyl groups excluding tert-OH is 1. The molecule has 0 aromatic heterocycles. The van der Waals surface area contributed by atoms with E-state index in [1.807, 2.05) is 0 Å². The van der Waals surface area contributed by atoms with Crippen molar-refractivity contribution in [1.82, 2.24) is 5.32 Å². The Morgan fingerprint density at radius 3 is 3.00 bits per heavy atom. The molecule has 22 heavy (non-hydrogen) atoms. The van der Waals surface area contributed by atoms with E-state index < -0.39 is 0 Å². The molecule has 0 spiro atoms. The fourth-order valence-electron chi connectivity index (χ4n) is 2.57. The van der Waals surface area contributed by atoms with E-state index >= 15 is 0 Å². The highest BCUT2D eigenvalue weighted by Crippen LogP contribution is 2.27. The molecule has 0 fully saturated rings. The predicted octanol–water partition coefficient (Wildman–Crippen LogP) is 2.52. The van der Waals surface area contributed by atoms with Crippen molar-refractivity contribution in [3.63, 3.8) is 0 Å². The molecule has 0 saturated carbocycles. The van der Waals surface area contributed by atoms with Crippen molar-refractivity contribution in [1.29, 1.82) is 0 Å². The van der Waals surface area contributed by atoms with Crippen molar-refractivity contribution in [2.24, 2.45) is 5.92 Å². The van der Waals surface area contributed by atoms with Gasteiger partial charge >= 0.3 is 0 Å². The summed E-state index contributed by atoms with van der Waals surface area (Å²) in [6, 6.07) is 4.25. The van der Waals surface area contributed by atoms with Crippen LogP contribution in [0.1, 0.15) is 31.7 Å². The van der Waals surface area contributed by atoms with Crippen LogP contribution in [0.25, 0.3) is 6.08 Å². The summed E-state index contributed by atoms with van der Waals surface area (Å²) in [5, 5.41) is 11.9. The number of carbonyl (C=O) groups excluding carboxylic acids is 1. The van der Waals surface area contributed by atoms with Gasteiger partial charge in [0.05, 0.1) is 5.57 Å². The fourth-order valence-corrected chi connectivity index (χ4v) is 2.57. The molecule has 1 heterocycles. The number of ether oxygens (including phenoxy) is 1. The molecule has 1 aliphatic rings. The Hall–Kier alpha value is -1.88. The van der Waals surface area contributed by atoms with E-state index in [0.717, 1.165) is 12.8 Å². The molecule has 1 unspecified atom stereocenters. The number of hydrogen-bond acceptors (Lipinski definition) is 3. The van der Waals surface area contributed by atoms with Crippen LogP contribution in [-0.4, -0.2) is 30.8 Å². The normalized spacial score (nSPS) is 14.6. The molecule has 1 amide bonds. The van der Waals surface area contributed by atoms with Gasteiger partial charge < -0.3 is 15.2 Å². The molecule has 5 heteroatoms. The van der Waals surface area contributed by atoms with Crippen molar-refractivity contribution in [3.8, 4) is 5.75 Å². The number of aliphatic hydroxyl groups is 1. The SMILES string of the molecule is CCCC(CCO)CNC(=O)C1=Cc2cc(F)ccc2OC1. The van der Waals surface area contributed by atoms with E-state index in [1.165, 1.54) is 12.1 Å². The second-order valence-corrected chi connectivity index (χ2v) is 5.52. The lowest BCUT2D eigenvalue weighted by Gasteiger charge is -2.19. The molecule has 0 radical (unpaired) electrons. The van der Waals surface area contributed by atoms with Crippen molar-refractivity contribution < 1.29 is 19.0 Å². The van der Waals surface area contributed by atoms with E-state index in [2.05, 4.69) is 12.2 Å². The van der Waals surface area contributed by atoms with Crippen molar-refractivity contribution in [2.75, 3.05) is 19.8 Å². The highest BCUT2D eigenvalue weighted by atomic mass is 19.1. The Morgan fingerprint density at radius 2 is 2.27 bits per heavy atom. The lowest BCUT2D eigenvalue weighted by Crippen LogP contribution is -2.33. The number of fused-ring (bicyclic) bond motifs is 1. The van der Waals surface area contributed by atoms with Crippen LogP contribution in [0.2, 0.25) is 0 Å². The minimum atomic E-state index is -0.355. The Balaban J connectivity index is 1.98. The van der Waals surface area contributed by atoms with Gasteiger partial charge in [0.2, 0.25) is 0 Å². The molecule has 1 atom stereocenters. The molecule has 120 valence electrons. The van der Waals surface area contributed by atoms with Gasteiger partial charge in [-0.05, 0) is 43.0 Å². The number of carbonyl (C=O) groups is 1. The molecule has 1 aliphatic heterocycles. The zero-order chi connectivity index (χ0) is 15.9. The van der Waals surface area contributed by atoms with Crippen LogP contribution in [0, 0.1) is 11.7 Å². The summed E-state index contributed by atoms with van der Waals surface area (Å²) in [5.41, 5.74) is 1.06. The minimum Gasteiger partial charge on any atom is -0.488 e. The Morgan fingerprint density at radius 1 is 1.45 bits per heavy atom. The van der Waals surface area contributed by atoms with E-state index in [4.69, 9.17) is 9.84 Å². The van der Waals surface area contributed by atoms with Crippen molar-refractivity contribution >= 4 is 12.0 Å². The average molecular weight is 307 g/mol. The van der Waals surface area contributed by atoms with Gasteiger partial charge in [0.1, 0.15) is 18.2 Å². The number of hydrogen-bond donors (Lipinski definition) is 2. The summed E-state index contributed by atoms with van der Waals surface area (Å²) < 4.78 is 18.7. The van der Waals surface area contributed by atoms with Gasteiger partial charge in [0.15, 0.2) is 0 Å². The maximum atomic E-state index is 13.2. The van der Waals surface area contributed by atoms with Crippen LogP contribution in [0.5, 0.6) is 5.75 Å². The largest absolute Gasteiger partial charge is 0.488 e. The van der Waals surface area contributed by atoms with Gasteiger partial charge in [-0.15, -0.1) is 0 Å². The van der Waals surface area contributed by atoms with Gasteiger partial charge in [0, 0.05) is 18.7 Å². The third kappa shape index (κ3) is 4.31. The van der Waals surface area contributed by atoms with Crippen LogP contribution in [0.3, 0.4) is 0 Å². The second-order valence-electron chi connectivity index (χ2n) is 5.52. The highest BCUT2D eigenvalue weighted by Gasteiger charge is 2.18. The van der Waals surface area contributed by atoms with Gasteiger partial charge in [-0.25, -0.2) is 4.39 Å². The first-order valence-corrected chi connectivity index (χ1v) is 7.66. The number of halogens is 1. The third-order valence-electron chi connectivity index (χ3n) is 3.76. The Bertz CT molecular complexity index is 551. The smallest absolute Gasteiger partial charge is 0.250 e. The molecule has 1 aromatic carbocycles. The number of benzene rings is 1.